The lowest BCUT2D eigenvalue weighted by Gasteiger charge is -2.09. The molecule has 0 fully saturated rings. The fraction of sp³-hybridized carbons (Fsp3) is 0.300. The van der Waals surface area contributed by atoms with Crippen molar-refractivity contribution >= 4 is 23.2 Å². The molecule has 0 saturated heterocycles. The third kappa shape index (κ3) is 7.18. The Morgan fingerprint density at radius 1 is 0.920 bits per heavy atom. The van der Waals surface area contributed by atoms with Crippen molar-refractivity contribution in [3.8, 4) is 0 Å². The van der Waals surface area contributed by atoms with Crippen LogP contribution in [-0.2, 0) is 20.7 Å². The van der Waals surface area contributed by atoms with Gasteiger partial charge in [-0.25, -0.2) is 0 Å². The zero-order chi connectivity index (χ0) is 17.9. The molecule has 2 amide bonds. The topological polar surface area (TPSA) is 67.4 Å². The summed E-state index contributed by atoms with van der Waals surface area (Å²) in [6.45, 7) is 2.69. The van der Waals surface area contributed by atoms with Crippen LogP contribution in [0, 0.1) is 0 Å². The molecule has 25 heavy (non-hydrogen) atoms. The molecular weight excluding hydrogens is 316 g/mol. The molecule has 0 heterocycles. The predicted octanol–water partition coefficient (Wildman–Crippen LogP) is 3.62. The van der Waals surface area contributed by atoms with Crippen LogP contribution in [0.5, 0.6) is 0 Å². The van der Waals surface area contributed by atoms with Crippen LogP contribution in [0.4, 0.5) is 11.4 Å². The third-order valence-corrected chi connectivity index (χ3v) is 3.51. The molecule has 5 heteroatoms. The zero-order valence-corrected chi connectivity index (χ0v) is 14.5. The van der Waals surface area contributed by atoms with E-state index in [1.165, 1.54) is 0 Å². The molecular formula is C20H24N2O3. The lowest BCUT2D eigenvalue weighted by atomic mass is 10.1. The normalized spacial score (nSPS) is 10.3. The number of carbonyl (C=O) groups is 2. The Morgan fingerprint density at radius 2 is 1.60 bits per heavy atom. The van der Waals surface area contributed by atoms with Crippen LogP contribution < -0.4 is 10.6 Å². The highest BCUT2D eigenvalue weighted by Crippen LogP contribution is 2.15. The van der Waals surface area contributed by atoms with E-state index in [1.54, 1.807) is 24.3 Å². The molecule has 2 aromatic carbocycles. The maximum atomic E-state index is 12.1. The molecule has 0 aliphatic heterocycles. The zero-order valence-electron chi connectivity index (χ0n) is 14.5. The van der Waals surface area contributed by atoms with E-state index in [4.69, 9.17) is 4.74 Å². The van der Waals surface area contributed by atoms with Crippen LogP contribution in [0.3, 0.4) is 0 Å². The number of anilines is 2. The first kappa shape index (κ1) is 18.7. The van der Waals surface area contributed by atoms with Crippen LogP contribution in [0.2, 0.25) is 0 Å². The van der Waals surface area contributed by atoms with Gasteiger partial charge in [-0.3, -0.25) is 9.59 Å². The smallest absolute Gasteiger partial charge is 0.250 e. The number of ether oxygens (including phenoxy) is 1. The van der Waals surface area contributed by atoms with Crippen molar-refractivity contribution in [2.24, 2.45) is 0 Å². The summed E-state index contributed by atoms with van der Waals surface area (Å²) in [5.41, 5.74) is 2.22. The van der Waals surface area contributed by atoms with Crippen LogP contribution in [0.1, 0.15) is 25.3 Å². The van der Waals surface area contributed by atoms with Crippen molar-refractivity contribution in [3.63, 3.8) is 0 Å². The van der Waals surface area contributed by atoms with Gasteiger partial charge in [-0.2, -0.15) is 0 Å². The van der Waals surface area contributed by atoms with E-state index in [0.29, 0.717) is 24.4 Å². The summed E-state index contributed by atoms with van der Waals surface area (Å²) in [4.78, 5) is 23.9. The van der Waals surface area contributed by atoms with E-state index in [0.717, 1.165) is 18.4 Å². The summed E-state index contributed by atoms with van der Waals surface area (Å²) in [7, 11) is 0. The molecule has 0 unspecified atom stereocenters. The summed E-state index contributed by atoms with van der Waals surface area (Å²) in [5.74, 6) is -0.304. The lowest BCUT2D eigenvalue weighted by Crippen LogP contribution is -2.19. The molecule has 0 aliphatic carbocycles. The van der Waals surface area contributed by atoms with Gasteiger partial charge < -0.3 is 15.4 Å². The molecule has 0 saturated carbocycles. The number of benzene rings is 2. The number of nitrogens with one attached hydrogen (secondary N) is 2. The van der Waals surface area contributed by atoms with Crippen LogP contribution in [0.25, 0.3) is 0 Å². The fourth-order valence-electron chi connectivity index (χ4n) is 2.27. The van der Waals surface area contributed by atoms with Gasteiger partial charge in [-0.1, -0.05) is 49.7 Å². The Balaban J connectivity index is 1.83. The van der Waals surface area contributed by atoms with E-state index in [9.17, 15) is 9.59 Å². The number of hydrogen-bond donors (Lipinski definition) is 2. The number of rotatable bonds is 9. The molecule has 2 rings (SSSR count). The summed E-state index contributed by atoms with van der Waals surface area (Å²) in [6, 6.07) is 16.6. The lowest BCUT2D eigenvalue weighted by molar-refractivity contribution is -0.120. The Hall–Kier alpha value is -2.66. The number of carbonyl (C=O) groups excluding carboxylic acids is 2. The number of hydrogen-bond acceptors (Lipinski definition) is 3. The minimum absolute atomic E-state index is 0.0323. The van der Waals surface area contributed by atoms with Gasteiger partial charge in [0.05, 0.1) is 6.42 Å². The van der Waals surface area contributed by atoms with E-state index in [1.807, 2.05) is 30.3 Å². The molecule has 0 bridgehead atoms. The fourth-order valence-corrected chi connectivity index (χ4v) is 2.27. The van der Waals surface area contributed by atoms with E-state index >= 15 is 0 Å². The SMILES string of the molecule is CCCCOCC(=O)Nc1cccc(NC(=O)Cc2ccccc2)c1. The second kappa shape index (κ2) is 10.3. The van der Waals surface area contributed by atoms with Crippen LogP contribution in [0.15, 0.2) is 54.6 Å². The van der Waals surface area contributed by atoms with Crippen molar-refractivity contribution in [3.05, 3.63) is 60.2 Å². The molecule has 0 aromatic heterocycles. The van der Waals surface area contributed by atoms with E-state index in [2.05, 4.69) is 17.6 Å². The first-order valence-corrected chi connectivity index (χ1v) is 8.49. The van der Waals surface area contributed by atoms with Crippen molar-refractivity contribution in [2.45, 2.75) is 26.2 Å². The average Bonchev–Trinajstić information content (AvgIpc) is 2.60. The van der Waals surface area contributed by atoms with Gasteiger partial charge in [-0.05, 0) is 30.2 Å². The quantitative estimate of drug-likeness (QED) is 0.685. The highest BCUT2D eigenvalue weighted by molar-refractivity contribution is 5.95. The summed E-state index contributed by atoms with van der Waals surface area (Å²) in [6.07, 6.45) is 2.28. The summed E-state index contributed by atoms with van der Waals surface area (Å²) < 4.78 is 5.29. The van der Waals surface area contributed by atoms with Crippen LogP contribution in [-0.4, -0.2) is 25.0 Å². The highest BCUT2D eigenvalue weighted by Gasteiger charge is 2.06. The molecule has 2 aromatic rings. The molecule has 0 atom stereocenters. The van der Waals surface area contributed by atoms with Crippen molar-refractivity contribution in [2.75, 3.05) is 23.8 Å². The van der Waals surface area contributed by atoms with Crippen molar-refractivity contribution in [1.29, 1.82) is 0 Å². The molecule has 2 N–H and O–H groups in total. The van der Waals surface area contributed by atoms with Gasteiger partial charge in [0.25, 0.3) is 0 Å². The van der Waals surface area contributed by atoms with E-state index in [-0.39, 0.29) is 18.4 Å². The van der Waals surface area contributed by atoms with E-state index < -0.39 is 0 Å². The Morgan fingerprint density at radius 3 is 2.28 bits per heavy atom. The molecule has 0 aliphatic rings. The molecule has 5 nitrogen and oxygen atoms in total. The van der Waals surface area contributed by atoms with Crippen molar-refractivity contribution < 1.29 is 14.3 Å². The van der Waals surface area contributed by atoms with Gasteiger partial charge in [0.1, 0.15) is 6.61 Å². The maximum Gasteiger partial charge on any atom is 0.250 e. The first-order valence-electron chi connectivity index (χ1n) is 8.49. The maximum absolute atomic E-state index is 12.1. The number of amides is 2. The summed E-state index contributed by atoms with van der Waals surface area (Å²) >= 11 is 0. The second-order valence-corrected chi connectivity index (χ2v) is 5.75. The Bertz CT molecular complexity index is 686. The van der Waals surface area contributed by atoms with Gasteiger partial charge in [0, 0.05) is 18.0 Å². The van der Waals surface area contributed by atoms with Gasteiger partial charge in [-0.15, -0.1) is 0 Å². The average molecular weight is 340 g/mol. The monoisotopic (exact) mass is 340 g/mol. The minimum atomic E-state index is -0.205. The minimum Gasteiger partial charge on any atom is -0.372 e. The molecule has 0 radical (unpaired) electrons. The largest absolute Gasteiger partial charge is 0.372 e. The Kier molecular flexibility index (Phi) is 7.66. The number of unbranched alkanes of at least 4 members (excludes halogenated alkanes) is 1. The molecule has 0 spiro atoms. The summed E-state index contributed by atoms with van der Waals surface area (Å²) in [5, 5.41) is 5.61. The standard InChI is InChI=1S/C20H24N2O3/c1-2-3-12-25-15-20(24)22-18-11-7-10-17(14-18)21-19(23)13-16-8-5-4-6-9-16/h4-11,14H,2-3,12-13,15H2,1H3,(H,21,23)(H,22,24). The van der Waals surface area contributed by atoms with Gasteiger partial charge in [0.15, 0.2) is 0 Å². The Labute approximate surface area is 148 Å². The first-order chi connectivity index (χ1) is 12.2. The van der Waals surface area contributed by atoms with Gasteiger partial charge >= 0.3 is 0 Å². The molecule has 132 valence electrons. The van der Waals surface area contributed by atoms with Gasteiger partial charge in [0.2, 0.25) is 11.8 Å². The van der Waals surface area contributed by atoms with Crippen LogP contribution >= 0.6 is 0 Å². The second-order valence-electron chi connectivity index (χ2n) is 5.75. The highest BCUT2D eigenvalue weighted by atomic mass is 16.5. The third-order valence-electron chi connectivity index (χ3n) is 3.51. The van der Waals surface area contributed by atoms with Crippen molar-refractivity contribution in [1.82, 2.24) is 0 Å². The predicted molar refractivity (Wildman–Crippen MR) is 99.6 cm³/mol.